The van der Waals surface area contributed by atoms with E-state index in [1.807, 2.05) is 10.9 Å². The van der Waals surface area contributed by atoms with Crippen LogP contribution in [0.25, 0.3) is 11.0 Å². The molecule has 7 nitrogen and oxygen atoms in total. The largest absolute Gasteiger partial charge is 0.367 e. The topological polar surface area (TPSA) is 76.9 Å². The third-order valence-electron chi connectivity index (χ3n) is 4.50. The number of fused-ring (bicyclic) bond motifs is 1. The second-order valence-corrected chi connectivity index (χ2v) is 6.04. The molecule has 0 aromatic carbocycles. The van der Waals surface area contributed by atoms with Crippen LogP contribution in [0.3, 0.4) is 0 Å². The van der Waals surface area contributed by atoms with Gasteiger partial charge in [-0.25, -0.2) is 14.6 Å². The second kappa shape index (κ2) is 6.18. The Morgan fingerprint density at radius 1 is 1.18 bits per heavy atom. The van der Waals surface area contributed by atoms with Crippen LogP contribution in [0.1, 0.15) is 38.3 Å². The minimum atomic E-state index is 0.00730. The van der Waals surface area contributed by atoms with Crippen LogP contribution in [0.2, 0.25) is 0 Å². The zero-order valence-electron chi connectivity index (χ0n) is 12.7. The summed E-state index contributed by atoms with van der Waals surface area (Å²) < 4.78 is 7.74. The molecule has 2 aromatic rings. The zero-order chi connectivity index (χ0) is 14.8. The van der Waals surface area contributed by atoms with Gasteiger partial charge in [-0.2, -0.15) is 5.10 Å². The number of ether oxygens (including phenoxy) is 1. The minimum Gasteiger partial charge on any atom is -0.367 e. The van der Waals surface area contributed by atoms with E-state index in [0.29, 0.717) is 6.04 Å². The van der Waals surface area contributed by atoms with Gasteiger partial charge in [0.2, 0.25) is 0 Å². The average molecular weight is 302 g/mol. The fourth-order valence-corrected chi connectivity index (χ4v) is 3.26. The molecule has 7 heteroatoms. The highest BCUT2D eigenvalue weighted by Gasteiger charge is 2.21. The predicted octanol–water partition coefficient (Wildman–Crippen LogP) is 1.69. The summed E-state index contributed by atoms with van der Waals surface area (Å²) in [6.07, 6.45) is 9.02. The molecule has 0 bridgehead atoms. The van der Waals surface area contributed by atoms with Gasteiger partial charge in [0, 0.05) is 12.6 Å². The van der Waals surface area contributed by atoms with Gasteiger partial charge in [-0.15, -0.1) is 0 Å². The first-order chi connectivity index (χ1) is 10.9. The van der Waals surface area contributed by atoms with E-state index in [1.54, 1.807) is 6.33 Å². The lowest BCUT2D eigenvalue weighted by Crippen LogP contribution is -2.35. The molecular formula is C15H22N6O. The molecule has 2 aliphatic heterocycles. The summed E-state index contributed by atoms with van der Waals surface area (Å²) in [6, 6.07) is 0.466. The van der Waals surface area contributed by atoms with Gasteiger partial charge in [0.15, 0.2) is 11.9 Å². The van der Waals surface area contributed by atoms with Crippen LogP contribution in [-0.2, 0) is 4.74 Å². The van der Waals surface area contributed by atoms with Gasteiger partial charge in [0.1, 0.15) is 12.1 Å². The second-order valence-electron chi connectivity index (χ2n) is 6.04. The molecule has 4 heterocycles. The van der Waals surface area contributed by atoms with Gasteiger partial charge in [0.05, 0.1) is 11.6 Å². The Labute approximate surface area is 129 Å². The van der Waals surface area contributed by atoms with Crippen molar-refractivity contribution >= 4 is 16.9 Å². The molecule has 2 saturated heterocycles. The molecular weight excluding hydrogens is 280 g/mol. The number of nitrogens with zero attached hydrogens (tertiary/aromatic N) is 4. The van der Waals surface area contributed by atoms with Crippen molar-refractivity contribution in [1.82, 2.24) is 25.1 Å². The summed E-state index contributed by atoms with van der Waals surface area (Å²) in [7, 11) is 0. The van der Waals surface area contributed by atoms with Crippen molar-refractivity contribution in [2.24, 2.45) is 0 Å². The third kappa shape index (κ3) is 2.66. The molecule has 0 spiro atoms. The van der Waals surface area contributed by atoms with Gasteiger partial charge >= 0.3 is 0 Å². The molecule has 1 unspecified atom stereocenters. The summed E-state index contributed by atoms with van der Waals surface area (Å²) in [5.41, 5.74) is 0.860. The molecule has 2 aromatic heterocycles. The number of hydrogen-bond donors (Lipinski definition) is 2. The van der Waals surface area contributed by atoms with Crippen molar-refractivity contribution in [3.8, 4) is 0 Å². The molecule has 22 heavy (non-hydrogen) atoms. The smallest absolute Gasteiger partial charge is 0.165 e. The molecule has 2 aliphatic rings. The highest BCUT2D eigenvalue weighted by atomic mass is 16.5. The number of aromatic nitrogens is 4. The molecule has 118 valence electrons. The third-order valence-corrected chi connectivity index (χ3v) is 4.50. The molecule has 4 rings (SSSR count). The molecule has 0 aliphatic carbocycles. The minimum absolute atomic E-state index is 0.00730. The monoisotopic (exact) mass is 302 g/mol. The molecule has 1 atom stereocenters. The standard InChI is InChI=1S/C15H22N6O/c1-2-8-22-13(3-1)21-15-12(9-19-21)14(17-10-18-15)20-11-4-6-16-7-5-11/h9-11,13,16H,1-8H2,(H,17,18,20). The fourth-order valence-electron chi connectivity index (χ4n) is 3.26. The quantitative estimate of drug-likeness (QED) is 0.898. The van der Waals surface area contributed by atoms with E-state index in [4.69, 9.17) is 4.74 Å². The van der Waals surface area contributed by atoms with E-state index in [1.165, 1.54) is 6.42 Å². The number of piperidine rings is 1. The van der Waals surface area contributed by atoms with E-state index < -0.39 is 0 Å². The van der Waals surface area contributed by atoms with Crippen LogP contribution in [-0.4, -0.2) is 45.5 Å². The SMILES string of the molecule is c1nc(NC2CCNCC2)c2cnn(C3CCCCO3)c2n1. The van der Waals surface area contributed by atoms with E-state index in [0.717, 1.165) is 62.2 Å². The Morgan fingerprint density at radius 3 is 2.91 bits per heavy atom. The van der Waals surface area contributed by atoms with Gasteiger partial charge in [-0.1, -0.05) is 0 Å². The van der Waals surface area contributed by atoms with Crippen molar-refractivity contribution in [3.05, 3.63) is 12.5 Å². The lowest BCUT2D eigenvalue weighted by Gasteiger charge is -2.24. The van der Waals surface area contributed by atoms with Gasteiger partial charge in [-0.3, -0.25) is 0 Å². The molecule has 0 amide bonds. The van der Waals surface area contributed by atoms with Gasteiger partial charge in [-0.05, 0) is 45.2 Å². The Kier molecular flexibility index (Phi) is 3.90. The molecule has 2 fully saturated rings. The van der Waals surface area contributed by atoms with Gasteiger partial charge in [0.25, 0.3) is 0 Å². The zero-order valence-corrected chi connectivity index (χ0v) is 12.7. The first kappa shape index (κ1) is 13.9. The van der Waals surface area contributed by atoms with Crippen LogP contribution in [0.4, 0.5) is 5.82 Å². The Bertz CT molecular complexity index is 630. The summed E-state index contributed by atoms with van der Waals surface area (Å²) in [6.45, 7) is 2.92. The van der Waals surface area contributed by atoms with Crippen LogP contribution < -0.4 is 10.6 Å². The maximum absolute atomic E-state index is 5.83. The summed E-state index contributed by atoms with van der Waals surface area (Å²) >= 11 is 0. The van der Waals surface area contributed by atoms with Crippen molar-refractivity contribution < 1.29 is 4.74 Å². The van der Waals surface area contributed by atoms with Gasteiger partial charge < -0.3 is 15.4 Å². The summed E-state index contributed by atoms with van der Waals surface area (Å²) in [5, 5.41) is 12.4. The first-order valence-corrected chi connectivity index (χ1v) is 8.19. The molecule has 0 radical (unpaired) electrons. The number of hydrogen-bond acceptors (Lipinski definition) is 6. The van der Waals surface area contributed by atoms with Crippen molar-refractivity contribution in [2.45, 2.75) is 44.4 Å². The fraction of sp³-hybridized carbons (Fsp3) is 0.667. The molecule has 0 saturated carbocycles. The maximum Gasteiger partial charge on any atom is 0.165 e. The highest BCUT2D eigenvalue weighted by Crippen LogP contribution is 2.27. The summed E-state index contributed by atoms with van der Waals surface area (Å²) in [4.78, 5) is 8.85. The van der Waals surface area contributed by atoms with E-state index in [9.17, 15) is 0 Å². The van der Waals surface area contributed by atoms with Crippen LogP contribution in [0.5, 0.6) is 0 Å². The normalized spacial score (nSPS) is 23.7. The number of nitrogens with one attached hydrogen (secondary N) is 2. The van der Waals surface area contributed by atoms with E-state index in [-0.39, 0.29) is 6.23 Å². The Balaban J connectivity index is 1.61. The average Bonchev–Trinajstić information content (AvgIpc) is 3.02. The van der Waals surface area contributed by atoms with Crippen LogP contribution >= 0.6 is 0 Å². The Hall–Kier alpha value is -1.73. The van der Waals surface area contributed by atoms with Crippen LogP contribution in [0.15, 0.2) is 12.5 Å². The van der Waals surface area contributed by atoms with E-state index in [2.05, 4.69) is 25.7 Å². The van der Waals surface area contributed by atoms with E-state index >= 15 is 0 Å². The van der Waals surface area contributed by atoms with Crippen molar-refractivity contribution in [1.29, 1.82) is 0 Å². The first-order valence-electron chi connectivity index (χ1n) is 8.19. The Morgan fingerprint density at radius 2 is 2.09 bits per heavy atom. The van der Waals surface area contributed by atoms with Crippen molar-refractivity contribution in [3.63, 3.8) is 0 Å². The van der Waals surface area contributed by atoms with Crippen LogP contribution in [0, 0.1) is 0 Å². The van der Waals surface area contributed by atoms with Crippen molar-refractivity contribution in [2.75, 3.05) is 25.0 Å². The molecule has 2 N–H and O–H groups in total. The lowest BCUT2D eigenvalue weighted by atomic mass is 10.1. The number of anilines is 1. The predicted molar refractivity (Wildman–Crippen MR) is 83.7 cm³/mol. The lowest BCUT2D eigenvalue weighted by molar-refractivity contribution is -0.0370. The maximum atomic E-state index is 5.83. The number of rotatable bonds is 3. The summed E-state index contributed by atoms with van der Waals surface area (Å²) in [5.74, 6) is 0.888. The highest BCUT2D eigenvalue weighted by molar-refractivity contribution is 5.86.